The van der Waals surface area contributed by atoms with E-state index in [1.165, 1.54) is 18.2 Å². The molecule has 0 bridgehead atoms. The van der Waals surface area contributed by atoms with Gasteiger partial charge in [0.25, 0.3) is 0 Å². The number of nitriles is 1. The molecule has 0 aromatic heterocycles. The molecule has 7 nitrogen and oxygen atoms in total. The zero-order valence-corrected chi connectivity index (χ0v) is 12.1. The molecule has 0 unspecified atom stereocenters. The lowest BCUT2D eigenvalue weighted by molar-refractivity contribution is 0.205. The monoisotopic (exact) mass is 298 g/mol. The van der Waals surface area contributed by atoms with Crippen LogP contribution in [0, 0.1) is 11.3 Å². The second-order valence-electron chi connectivity index (χ2n) is 4.15. The van der Waals surface area contributed by atoms with Gasteiger partial charge in [0, 0.05) is 20.2 Å². The fourth-order valence-electron chi connectivity index (χ4n) is 1.71. The molecule has 1 aromatic carbocycles. The number of hydrogen-bond acceptors (Lipinski definition) is 6. The van der Waals surface area contributed by atoms with Gasteiger partial charge < -0.3 is 15.4 Å². The maximum Gasteiger partial charge on any atom is 0.238 e. The largest absolute Gasteiger partial charge is 0.397 e. The molecule has 0 amide bonds. The number of hydrogen-bond donors (Lipinski definition) is 2. The van der Waals surface area contributed by atoms with E-state index in [1.54, 1.807) is 12.0 Å². The highest BCUT2D eigenvalue weighted by atomic mass is 32.2. The van der Waals surface area contributed by atoms with Crippen LogP contribution in [0.3, 0.4) is 0 Å². The molecule has 8 heteroatoms. The predicted octanol–water partition coefficient (Wildman–Crippen LogP) is 0.283. The third-order valence-corrected chi connectivity index (χ3v) is 3.64. The molecule has 0 radical (unpaired) electrons. The van der Waals surface area contributed by atoms with E-state index in [-0.39, 0.29) is 4.90 Å². The van der Waals surface area contributed by atoms with E-state index in [2.05, 4.69) is 0 Å². The molecule has 1 aromatic rings. The molecule has 0 heterocycles. The quantitative estimate of drug-likeness (QED) is 0.697. The number of sulfonamides is 1. The number of benzene rings is 1. The molecule has 0 aliphatic carbocycles. The number of primary sulfonamides is 1. The van der Waals surface area contributed by atoms with Crippen molar-refractivity contribution in [1.82, 2.24) is 0 Å². The Bertz CT molecular complexity index is 595. The van der Waals surface area contributed by atoms with Crippen molar-refractivity contribution < 1.29 is 13.2 Å². The van der Waals surface area contributed by atoms with E-state index in [1.807, 2.05) is 6.07 Å². The second-order valence-corrected chi connectivity index (χ2v) is 5.72. The number of nitrogen functional groups attached to an aromatic ring is 1. The van der Waals surface area contributed by atoms with E-state index >= 15 is 0 Å². The summed E-state index contributed by atoms with van der Waals surface area (Å²) in [7, 11) is -2.23. The first kappa shape index (κ1) is 16.2. The van der Waals surface area contributed by atoms with Gasteiger partial charge >= 0.3 is 0 Å². The van der Waals surface area contributed by atoms with Crippen LogP contribution in [0.1, 0.15) is 6.42 Å². The minimum absolute atomic E-state index is 0.0129. The van der Waals surface area contributed by atoms with E-state index in [4.69, 9.17) is 20.9 Å². The number of rotatable bonds is 7. The Kier molecular flexibility index (Phi) is 5.76. The molecular weight excluding hydrogens is 280 g/mol. The molecule has 20 heavy (non-hydrogen) atoms. The number of nitrogens with two attached hydrogens (primary N) is 2. The third kappa shape index (κ3) is 4.38. The van der Waals surface area contributed by atoms with Crippen LogP contribution in [0.5, 0.6) is 0 Å². The summed E-state index contributed by atoms with van der Waals surface area (Å²) in [6.07, 6.45) is 0.294. The van der Waals surface area contributed by atoms with Gasteiger partial charge in [-0.1, -0.05) is 0 Å². The van der Waals surface area contributed by atoms with Crippen molar-refractivity contribution in [2.24, 2.45) is 5.14 Å². The molecule has 0 fully saturated rings. The summed E-state index contributed by atoms with van der Waals surface area (Å²) < 4.78 is 27.8. The Morgan fingerprint density at radius 1 is 1.40 bits per heavy atom. The van der Waals surface area contributed by atoms with Crippen molar-refractivity contribution >= 4 is 21.4 Å². The minimum Gasteiger partial charge on any atom is -0.397 e. The van der Waals surface area contributed by atoms with E-state index < -0.39 is 10.0 Å². The minimum atomic E-state index is -3.80. The van der Waals surface area contributed by atoms with Gasteiger partial charge in [-0.2, -0.15) is 5.26 Å². The summed E-state index contributed by atoms with van der Waals surface area (Å²) in [6, 6.07) is 6.30. The maximum absolute atomic E-state index is 11.4. The van der Waals surface area contributed by atoms with Crippen LogP contribution in [-0.2, 0) is 14.8 Å². The molecule has 0 aliphatic rings. The maximum atomic E-state index is 11.4. The highest BCUT2D eigenvalue weighted by molar-refractivity contribution is 7.89. The number of nitrogens with zero attached hydrogens (tertiary/aromatic N) is 2. The Hall–Kier alpha value is -1.82. The summed E-state index contributed by atoms with van der Waals surface area (Å²) >= 11 is 0. The molecule has 0 spiro atoms. The van der Waals surface area contributed by atoms with E-state index in [9.17, 15) is 8.42 Å². The second kappa shape index (κ2) is 7.09. The van der Waals surface area contributed by atoms with Crippen LogP contribution in [0.2, 0.25) is 0 Å². The van der Waals surface area contributed by atoms with Crippen molar-refractivity contribution in [1.29, 1.82) is 5.26 Å². The Labute approximate surface area is 118 Å². The highest BCUT2D eigenvalue weighted by Gasteiger charge is 2.15. The SMILES string of the molecule is COCCN(CCC#N)c1cc(S(N)(=O)=O)ccc1N. The zero-order valence-electron chi connectivity index (χ0n) is 11.2. The van der Waals surface area contributed by atoms with Crippen molar-refractivity contribution in [3.63, 3.8) is 0 Å². The summed E-state index contributed by atoms with van der Waals surface area (Å²) in [6.45, 7) is 1.36. The van der Waals surface area contributed by atoms with Gasteiger partial charge in [-0.25, -0.2) is 13.6 Å². The van der Waals surface area contributed by atoms with Gasteiger partial charge in [-0.05, 0) is 18.2 Å². The lowest BCUT2D eigenvalue weighted by Crippen LogP contribution is -2.29. The summed E-state index contributed by atoms with van der Waals surface area (Å²) in [5, 5.41) is 13.8. The van der Waals surface area contributed by atoms with Gasteiger partial charge in [0.1, 0.15) is 0 Å². The molecule has 0 saturated carbocycles. The van der Waals surface area contributed by atoms with Crippen LogP contribution < -0.4 is 15.8 Å². The summed E-state index contributed by atoms with van der Waals surface area (Å²) in [5.74, 6) is 0. The molecule has 1 rings (SSSR count). The Morgan fingerprint density at radius 2 is 2.10 bits per heavy atom. The van der Waals surface area contributed by atoms with Crippen LogP contribution in [0.25, 0.3) is 0 Å². The first-order valence-electron chi connectivity index (χ1n) is 5.93. The molecule has 0 saturated heterocycles. The van der Waals surface area contributed by atoms with Gasteiger partial charge in [-0.15, -0.1) is 0 Å². The van der Waals surface area contributed by atoms with Crippen molar-refractivity contribution in [2.45, 2.75) is 11.3 Å². The van der Waals surface area contributed by atoms with Crippen molar-refractivity contribution in [2.75, 3.05) is 37.4 Å². The first-order chi connectivity index (χ1) is 9.40. The lowest BCUT2D eigenvalue weighted by atomic mass is 10.2. The van der Waals surface area contributed by atoms with Gasteiger partial charge in [-0.3, -0.25) is 0 Å². The van der Waals surface area contributed by atoms with Crippen LogP contribution >= 0.6 is 0 Å². The molecule has 0 aliphatic heterocycles. The molecular formula is C12H18N4O3S. The zero-order chi connectivity index (χ0) is 15.2. The standard InChI is InChI=1S/C12H18N4O3S/c1-19-8-7-16(6-2-5-13)12-9-10(20(15,17)18)3-4-11(12)14/h3-4,9H,2,6-8,14H2,1H3,(H2,15,17,18). The first-order valence-corrected chi connectivity index (χ1v) is 7.48. The predicted molar refractivity (Wildman–Crippen MR) is 76.5 cm³/mol. The van der Waals surface area contributed by atoms with Crippen LogP contribution in [0.4, 0.5) is 11.4 Å². The Balaban J connectivity index is 3.14. The molecule has 110 valence electrons. The summed E-state index contributed by atoms with van der Waals surface area (Å²) in [4.78, 5) is 1.79. The molecule has 0 atom stereocenters. The highest BCUT2D eigenvalue weighted by Crippen LogP contribution is 2.26. The third-order valence-electron chi connectivity index (χ3n) is 2.73. The normalized spacial score (nSPS) is 11.1. The number of anilines is 2. The van der Waals surface area contributed by atoms with Crippen LogP contribution in [-0.4, -0.2) is 35.2 Å². The van der Waals surface area contributed by atoms with E-state index in [0.717, 1.165) is 0 Å². The van der Waals surface area contributed by atoms with Gasteiger partial charge in [0.15, 0.2) is 0 Å². The average Bonchev–Trinajstić information content (AvgIpc) is 2.39. The number of ether oxygens (including phenoxy) is 1. The van der Waals surface area contributed by atoms with Gasteiger partial charge in [0.05, 0.1) is 35.4 Å². The Morgan fingerprint density at radius 3 is 2.65 bits per heavy atom. The smallest absolute Gasteiger partial charge is 0.238 e. The van der Waals surface area contributed by atoms with Crippen LogP contribution in [0.15, 0.2) is 23.1 Å². The lowest BCUT2D eigenvalue weighted by Gasteiger charge is -2.25. The van der Waals surface area contributed by atoms with Gasteiger partial charge in [0.2, 0.25) is 10.0 Å². The number of methoxy groups -OCH3 is 1. The molecule has 4 N–H and O–H groups in total. The van der Waals surface area contributed by atoms with E-state index in [0.29, 0.717) is 37.5 Å². The van der Waals surface area contributed by atoms with Crippen molar-refractivity contribution in [3.05, 3.63) is 18.2 Å². The fraction of sp³-hybridized carbons (Fsp3) is 0.417. The average molecular weight is 298 g/mol. The fourth-order valence-corrected chi connectivity index (χ4v) is 2.25. The topological polar surface area (TPSA) is 122 Å². The summed E-state index contributed by atoms with van der Waals surface area (Å²) in [5.41, 5.74) is 6.83. The van der Waals surface area contributed by atoms with Crippen molar-refractivity contribution in [3.8, 4) is 6.07 Å².